The van der Waals surface area contributed by atoms with Crippen LogP contribution in [0.4, 0.5) is 0 Å². The van der Waals surface area contributed by atoms with E-state index in [0.717, 1.165) is 29.9 Å². The molecule has 0 bridgehead atoms. The maximum atomic E-state index is 13.3. The van der Waals surface area contributed by atoms with Crippen LogP contribution in [0.3, 0.4) is 0 Å². The van der Waals surface area contributed by atoms with Gasteiger partial charge < -0.3 is 15.1 Å². The maximum absolute atomic E-state index is 13.3. The van der Waals surface area contributed by atoms with Crippen molar-refractivity contribution in [3.8, 4) is 0 Å². The lowest BCUT2D eigenvalue weighted by Crippen LogP contribution is -2.46. The first-order chi connectivity index (χ1) is 21.6. The normalized spacial score (nSPS) is 21.2. The van der Waals surface area contributed by atoms with Gasteiger partial charge in [0.2, 0.25) is 5.91 Å². The van der Waals surface area contributed by atoms with Crippen LogP contribution in [0.2, 0.25) is 0 Å². The van der Waals surface area contributed by atoms with Crippen molar-refractivity contribution < 1.29 is 9.59 Å². The molecule has 2 saturated heterocycles. The van der Waals surface area contributed by atoms with Crippen molar-refractivity contribution in [3.05, 3.63) is 101 Å². The second-order valence-electron chi connectivity index (χ2n) is 11.0. The number of likely N-dealkylation sites (N-methyl/N-ethyl adjacent to an activating group) is 1. The second kappa shape index (κ2) is 15.8. The average molecular weight is 599 g/mol. The average Bonchev–Trinajstić information content (AvgIpc) is 3.82. The van der Waals surface area contributed by atoms with Crippen molar-refractivity contribution in [2.45, 2.75) is 78.2 Å². The topological polar surface area (TPSA) is 80.0 Å². The van der Waals surface area contributed by atoms with Crippen molar-refractivity contribution in [2.24, 2.45) is 0 Å². The summed E-state index contributed by atoms with van der Waals surface area (Å²) in [5, 5.41) is 2.73. The lowest BCUT2D eigenvalue weighted by Gasteiger charge is -2.32. The molecule has 4 aliphatic rings. The molecule has 6 rings (SSSR count). The molecule has 236 valence electrons. The van der Waals surface area contributed by atoms with E-state index in [4.69, 9.17) is 0 Å². The fourth-order valence-electron chi connectivity index (χ4n) is 6.56. The molecule has 2 aromatic rings. The summed E-state index contributed by atoms with van der Waals surface area (Å²) >= 11 is 0. The van der Waals surface area contributed by atoms with Gasteiger partial charge in [0.05, 0.1) is 6.67 Å². The Hall–Kier alpha value is -3.72. The van der Waals surface area contributed by atoms with Gasteiger partial charge in [-0.3, -0.25) is 14.5 Å². The Balaban J connectivity index is 0.00000106. The number of benzene rings is 2. The SMILES string of the molecule is C=CCCC(C(=O)NC)N1Cc2cc(C3=CC(CN4CCCC4c4ccccc4)=CC4NNCN34)ccc2C1=O.CC.CC. The highest BCUT2D eigenvalue weighted by atomic mass is 16.2. The number of nitrogens with zero attached hydrogens (tertiary/aromatic N) is 3. The number of nitrogens with one attached hydrogen (secondary N) is 3. The van der Waals surface area contributed by atoms with Gasteiger partial charge in [-0.15, -0.1) is 6.58 Å². The Morgan fingerprint density at radius 1 is 1.14 bits per heavy atom. The monoisotopic (exact) mass is 598 g/mol. The van der Waals surface area contributed by atoms with E-state index >= 15 is 0 Å². The van der Waals surface area contributed by atoms with Gasteiger partial charge in [0.25, 0.3) is 5.91 Å². The first-order valence-electron chi connectivity index (χ1n) is 16.3. The summed E-state index contributed by atoms with van der Waals surface area (Å²) < 4.78 is 0. The zero-order valence-corrected chi connectivity index (χ0v) is 27.1. The maximum Gasteiger partial charge on any atom is 0.255 e. The van der Waals surface area contributed by atoms with E-state index in [0.29, 0.717) is 37.7 Å². The minimum absolute atomic E-state index is 0.0655. The molecule has 0 aliphatic carbocycles. The number of hydrogen-bond acceptors (Lipinski definition) is 6. The number of likely N-dealkylation sites (tertiary alicyclic amines) is 1. The highest BCUT2D eigenvalue weighted by Gasteiger charge is 2.37. The lowest BCUT2D eigenvalue weighted by molar-refractivity contribution is -0.125. The quantitative estimate of drug-likeness (QED) is 0.327. The molecule has 2 aromatic carbocycles. The predicted molar refractivity (Wildman–Crippen MR) is 179 cm³/mol. The van der Waals surface area contributed by atoms with E-state index in [-0.39, 0.29) is 18.0 Å². The van der Waals surface area contributed by atoms with E-state index in [2.05, 4.69) is 81.1 Å². The van der Waals surface area contributed by atoms with Gasteiger partial charge in [-0.2, -0.15) is 0 Å². The van der Waals surface area contributed by atoms with E-state index in [1.54, 1.807) is 18.0 Å². The smallest absolute Gasteiger partial charge is 0.255 e. The van der Waals surface area contributed by atoms with Crippen molar-refractivity contribution in [1.29, 1.82) is 0 Å². The molecule has 4 heterocycles. The summed E-state index contributed by atoms with van der Waals surface area (Å²) in [6.45, 7) is 14.9. The summed E-state index contributed by atoms with van der Waals surface area (Å²) in [4.78, 5) is 32.6. The number of amides is 2. The van der Waals surface area contributed by atoms with E-state index < -0.39 is 6.04 Å². The third-order valence-electron chi connectivity index (χ3n) is 8.57. The van der Waals surface area contributed by atoms with E-state index in [9.17, 15) is 9.59 Å². The van der Waals surface area contributed by atoms with E-state index in [1.807, 2.05) is 39.8 Å². The number of allylic oxidation sites excluding steroid dienone is 1. The van der Waals surface area contributed by atoms with Gasteiger partial charge in [-0.05, 0) is 78.8 Å². The standard InChI is InChI=1S/C32H38N6O2.2C2H6/c1-3-4-11-28(31(39)33-2)37-20-25-18-24(13-14-26(25)32(37)40)29-16-22(17-30-35-34-21-38(29)30)19-36-15-8-12-27(36)23-9-6-5-7-10-23;2*1-2/h3,5-7,9-10,13-14,16-18,27-28,30,34-35H,1,4,8,11-12,15,19-21H2,2H3,(H,33,39);2*1-2H3. The third-order valence-corrected chi connectivity index (χ3v) is 8.57. The fourth-order valence-corrected chi connectivity index (χ4v) is 6.56. The van der Waals surface area contributed by atoms with Gasteiger partial charge in [-0.25, -0.2) is 10.9 Å². The molecule has 44 heavy (non-hydrogen) atoms. The zero-order valence-electron chi connectivity index (χ0n) is 27.1. The van der Waals surface area contributed by atoms with Gasteiger partial charge >= 0.3 is 0 Å². The van der Waals surface area contributed by atoms with Crippen LogP contribution in [0.5, 0.6) is 0 Å². The number of hydrogen-bond donors (Lipinski definition) is 3. The molecular formula is C36H50N6O2. The molecule has 2 amide bonds. The summed E-state index contributed by atoms with van der Waals surface area (Å²) in [6.07, 6.45) is 10.1. The molecule has 3 N–H and O–H groups in total. The molecule has 3 unspecified atom stereocenters. The third kappa shape index (κ3) is 6.98. The molecule has 8 heteroatoms. The molecule has 0 spiro atoms. The highest BCUT2D eigenvalue weighted by molar-refractivity contribution is 6.01. The highest BCUT2D eigenvalue weighted by Crippen LogP contribution is 2.36. The van der Waals surface area contributed by atoms with E-state index in [1.165, 1.54) is 24.0 Å². The second-order valence-corrected chi connectivity index (χ2v) is 11.0. The minimum atomic E-state index is -0.510. The van der Waals surface area contributed by atoms with Crippen LogP contribution in [-0.4, -0.2) is 65.5 Å². The number of carbonyl (C=O) groups is 2. The molecule has 0 saturated carbocycles. The number of carbonyl (C=O) groups excluding carboxylic acids is 2. The van der Waals surface area contributed by atoms with Gasteiger partial charge in [0.15, 0.2) is 0 Å². The van der Waals surface area contributed by atoms with Crippen LogP contribution >= 0.6 is 0 Å². The minimum Gasteiger partial charge on any atom is -0.357 e. The predicted octanol–water partition coefficient (Wildman–Crippen LogP) is 5.59. The molecule has 0 aromatic heterocycles. The molecule has 0 radical (unpaired) electrons. The largest absolute Gasteiger partial charge is 0.357 e. The van der Waals surface area contributed by atoms with Crippen LogP contribution in [0.25, 0.3) is 5.70 Å². The Labute approximate surface area is 263 Å². The summed E-state index contributed by atoms with van der Waals surface area (Å²) in [6, 6.07) is 16.9. The zero-order chi connectivity index (χ0) is 31.6. The summed E-state index contributed by atoms with van der Waals surface area (Å²) in [7, 11) is 1.62. The van der Waals surface area contributed by atoms with Crippen molar-refractivity contribution in [2.75, 3.05) is 26.8 Å². The molecule has 2 fully saturated rings. The fraction of sp³-hybridized carbons (Fsp3) is 0.444. The number of fused-ring (bicyclic) bond motifs is 2. The first-order valence-corrected chi connectivity index (χ1v) is 16.3. The molecule has 4 aliphatic heterocycles. The van der Waals surface area contributed by atoms with Crippen molar-refractivity contribution >= 4 is 17.5 Å². The Bertz CT molecular complexity index is 1350. The molecule has 8 nitrogen and oxygen atoms in total. The first kappa shape index (κ1) is 33.2. The van der Waals surface area contributed by atoms with Crippen molar-refractivity contribution in [3.63, 3.8) is 0 Å². The van der Waals surface area contributed by atoms with Gasteiger partial charge in [0.1, 0.15) is 12.2 Å². The molecule has 3 atom stereocenters. The Kier molecular flexibility index (Phi) is 11.9. The Morgan fingerprint density at radius 3 is 2.64 bits per heavy atom. The van der Waals surface area contributed by atoms with Crippen LogP contribution in [0.1, 0.15) is 86.5 Å². The number of rotatable bonds is 9. The lowest BCUT2D eigenvalue weighted by atomic mass is 9.98. The van der Waals surface area contributed by atoms with Gasteiger partial charge in [0, 0.05) is 37.4 Å². The van der Waals surface area contributed by atoms with Crippen LogP contribution in [-0.2, 0) is 11.3 Å². The summed E-state index contributed by atoms with van der Waals surface area (Å²) in [5.74, 6) is -0.221. The van der Waals surface area contributed by atoms with Gasteiger partial charge in [-0.1, -0.05) is 70.2 Å². The molecular weight excluding hydrogens is 548 g/mol. The van der Waals surface area contributed by atoms with Crippen molar-refractivity contribution in [1.82, 2.24) is 30.9 Å². The van der Waals surface area contributed by atoms with Crippen LogP contribution < -0.4 is 16.2 Å². The Morgan fingerprint density at radius 2 is 1.91 bits per heavy atom. The van der Waals surface area contributed by atoms with Crippen LogP contribution in [0.15, 0.2) is 78.9 Å². The summed E-state index contributed by atoms with van der Waals surface area (Å²) in [5.41, 5.74) is 13.2. The number of hydrazine groups is 1. The van der Waals surface area contributed by atoms with Crippen LogP contribution in [0, 0.1) is 0 Å².